The molecule has 3 N–H and O–H groups in total. The predicted molar refractivity (Wildman–Crippen MR) is 82.5 cm³/mol. The van der Waals surface area contributed by atoms with Gasteiger partial charge in [0.2, 0.25) is 0 Å². The number of carbonyl (C=O) groups is 2. The molecule has 132 valence electrons. The van der Waals surface area contributed by atoms with Gasteiger partial charge in [-0.1, -0.05) is 11.0 Å². The Hall–Kier alpha value is -2.89. The number of amides is 2. The van der Waals surface area contributed by atoms with Crippen molar-refractivity contribution >= 4 is 21.8 Å². The van der Waals surface area contributed by atoms with Gasteiger partial charge in [0.1, 0.15) is 18.1 Å². The molecule has 0 saturated heterocycles. The summed E-state index contributed by atoms with van der Waals surface area (Å²) in [5.41, 5.74) is 4.19. The average Bonchev–Trinajstić information content (AvgIpc) is 2.60. The molecule has 0 saturated carbocycles. The molecule has 0 aliphatic rings. The number of halogens is 1. The molecule has 1 heterocycles. The van der Waals surface area contributed by atoms with Gasteiger partial charge in [0.05, 0.1) is 4.90 Å². The lowest BCUT2D eigenvalue weighted by molar-refractivity contribution is -0.127. The van der Waals surface area contributed by atoms with Crippen LogP contribution in [0.2, 0.25) is 0 Å². The third kappa shape index (κ3) is 5.60. The van der Waals surface area contributed by atoms with Gasteiger partial charge in [0, 0.05) is 6.20 Å². The molecule has 0 fully saturated rings. The number of rotatable bonds is 6. The summed E-state index contributed by atoms with van der Waals surface area (Å²) in [6.45, 7) is -0.705. The van der Waals surface area contributed by atoms with Gasteiger partial charge >= 0.3 is 0 Å². The molecule has 1 aromatic heterocycles. The minimum Gasteiger partial charge on any atom is -0.277 e. The molecule has 2 aromatic rings. The zero-order chi connectivity index (χ0) is 18.3. The standard InChI is InChI=1S/C14H13FN4O5S/c15-10-4-6-11(7-5-10)25(22,23)19-24-9-13(20)17-18-14(21)12-3-1-2-8-16-12/h1-8,19H,9H2,(H,17,20)(H,18,21). The molecule has 2 rings (SSSR count). The highest BCUT2D eigenvalue weighted by Crippen LogP contribution is 2.09. The van der Waals surface area contributed by atoms with Gasteiger partial charge in [0.25, 0.3) is 21.8 Å². The van der Waals surface area contributed by atoms with Crippen molar-refractivity contribution in [1.29, 1.82) is 0 Å². The summed E-state index contributed by atoms with van der Waals surface area (Å²) in [5, 5.41) is 0. The highest BCUT2D eigenvalue weighted by Gasteiger charge is 2.15. The van der Waals surface area contributed by atoms with E-state index in [-0.39, 0.29) is 10.6 Å². The second-order valence-electron chi connectivity index (χ2n) is 4.55. The Morgan fingerprint density at radius 3 is 2.44 bits per heavy atom. The Morgan fingerprint density at radius 1 is 1.08 bits per heavy atom. The first-order valence-electron chi connectivity index (χ1n) is 6.78. The van der Waals surface area contributed by atoms with Crippen LogP contribution >= 0.6 is 0 Å². The van der Waals surface area contributed by atoms with Gasteiger partial charge in [-0.05, 0) is 36.4 Å². The molecule has 9 nitrogen and oxygen atoms in total. The number of benzene rings is 1. The molecule has 11 heteroatoms. The van der Waals surface area contributed by atoms with E-state index in [1.54, 1.807) is 17.0 Å². The van der Waals surface area contributed by atoms with E-state index in [2.05, 4.69) is 15.2 Å². The van der Waals surface area contributed by atoms with E-state index in [4.69, 9.17) is 0 Å². The van der Waals surface area contributed by atoms with Gasteiger partial charge in [-0.2, -0.15) is 0 Å². The Balaban J connectivity index is 1.76. The number of sulfonamides is 1. The summed E-state index contributed by atoms with van der Waals surface area (Å²) in [6, 6.07) is 8.66. The van der Waals surface area contributed by atoms with Crippen molar-refractivity contribution in [1.82, 2.24) is 20.7 Å². The lowest BCUT2D eigenvalue weighted by Crippen LogP contribution is -2.44. The summed E-state index contributed by atoms with van der Waals surface area (Å²) in [6.07, 6.45) is 1.41. The largest absolute Gasteiger partial charge is 0.288 e. The fourth-order valence-electron chi connectivity index (χ4n) is 1.56. The van der Waals surface area contributed by atoms with Gasteiger partial charge in [-0.3, -0.25) is 30.3 Å². The van der Waals surface area contributed by atoms with Crippen LogP contribution in [0.3, 0.4) is 0 Å². The number of nitrogens with one attached hydrogen (secondary N) is 3. The molecule has 25 heavy (non-hydrogen) atoms. The lowest BCUT2D eigenvalue weighted by Gasteiger charge is -2.08. The van der Waals surface area contributed by atoms with Crippen molar-refractivity contribution in [3.63, 3.8) is 0 Å². The molecular weight excluding hydrogens is 355 g/mol. The first-order valence-corrected chi connectivity index (χ1v) is 8.26. The number of pyridine rings is 1. The molecule has 2 amide bonds. The molecular formula is C14H13FN4O5S. The number of hydrogen-bond donors (Lipinski definition) is 3. The maximum Gasteiger partial charge on any atom is 0.288 e. The average molecular weight is 368 g/mol. The quantitative estimate of drug-likeness (QED) is 0.611. The maximum atomic E-state index is 12.8. The van der Waals surface area contributed by atoms with Crippen molar-refractivity contribution in [2.75, 3.05) is 6.61 Å². The van der Waals surface area contributed by atoms with Crippen molar-refractivity contribution in [2.45, 2.75) is 4.90 Å². The minimum absolute atomic E-state index is 0.0840. The van der Waals surface area contributed by atoms with Crippen LogP contribution in [0.5, 0.6) is 0 Å². The Morgan fingerprint density at radius 2 is 1.80 bits per heavy atom. The summed E-state index contributed by atoms with van der Waals surface area (Å²) in [7, 11) is -4.06. The Kier molecular flexibility index (Phi) is 6.11. The van der Waals surface area contributed by atoms with Crippen molar-refractivity contribution in [3.05, 3.63) is 60.2 Å². The zero-order valence-corrected chi connectivity index (χ0v) is 13.4. The topological polar surface area (TPSA) is 126 Å². The zero-order valence-electron chi connectivity index (χ0n) is 12.6. The molecule has 0 aliphatic carbocycles. The number of hydrazine groups is 1. The van der Waals surface area contributed by atoms with E-state index in [9.17, 15) is 22.4 Å². The van der Waals surface area contributed by atoms with Crippen molar-refractivity contribution in [2.24, 2.45) is 0 Å². The van der Waals surface area contributed by atoms with Crippen LogP contribution in [0.1, 0.15) is 10.5 Å². The summed E-state index contributed by atoms with van der Waals surface area (Å²) in [5.74, 6) is -2.06. The van der Waals surface area contributed by atoms with Crippen LogP contribution < -0.4 is 15.7 Å². The molecule has 1 aromatic carbocycles. The maximum absolute atomic E-state index is 12.8. The predicted octanol–water partition coefficient (Wildman–Crippen LogP) is -0.108. The summed E-state index contributed by atoms with van der Waals surface area (Å²) in [4.78, 5) is 32.9. The van der Waals surface area contributed by atoms with Crippen LogP contribution in [0.15, 0.2) is 53.6 Å². The van der Waals surface area contributed by atoms with E-state index in [0.717, 1.165) is 24.3 Å². The van der Waals surface area contributed by atoms with E-state index >= 15 is 0 Å². The summed E-state index contributed by atoms with van der Waals surface area (Å²) >= 11 is 0. The van der Waals surface area contributed by atoms with Crippen LogP contribution in [-0.2, 0) is 19.7 Å². The third-order valence-corrected chi connectivity index (χ3v) is 3.94. The van der Waals surface area contributed by atoms with Gasteiger partial charge in [-0.25, -0.2) is 12.8 Å². The van der Waals surface area contributed by atoms with Crippen LogP contribution in [0, 0.1) is 5.82 Å². The van der Waals surface area contributed by atoms with Crippen LogP contribution in [0.25, 0.3) is 0 Å². The smallest absolute Gasteiger partial charge is 0.277 e. The van der Waals surface area contributed by atoms with Crippen molar-refractivity contribution in [3.8, 4) is 0 Å². The fourth-order valence-corrected chi connectivity index (χ4v) is 2.36. The van der Waals surface area contributed by atoms with Gasteiger partial charge in [0.15, 0.2) is 0 Å². The fraction of sp³-hybridized carbons (Fsp3) is 0.0714. The molecule has 0 aliphatic heterocycles. The van der Waals surface area contributed by atoms with E-state index in [1.165, 1.54) is 12.3 Å². The normalized spacial score (nSPS) is 10.9. The second kappa shape index (κ2) is 8.28. The van der Waals surface area contributed by atoms with E-state index in [1.807, 2.05) is 5.43 Å². The monoisotopic (exact) mass is 368 g/mol. The number of hydrogen-bond acceptors (Lipinski definition) is 6. The third-order valence-electron chi connectivity index (χ3n) is 2.71. The molecule has 0 atom stereocenters. The first kappa shape index (κ1) is 18.4. The van der Waals surface area contributed by atoms with Crippen LogP contribution in [0.4, 0.5) is 4.39 Å². The number of carbonyl (C=O) groups excluding carboxylic acids is 2. The highest BCUT2D eigenvalue weighted by atomic mass is 32.2. The second-order valence-corrected chi connectivity index (χ2v) is 6.19. The first-order chi connectivity index (χ1) is 11.9. The minimum atomic E-state index is -4.06. The SMILES string of the molecule is O=C(CONS(=O)(=O)c1ccc(F)cc1)NNC(=O)c1ccccn1. The molecule has 0 bridgehead atoms. The van der Waals surface area contributed by atoms with Crippen LogP contribution in [-0.4, -0.2) is 31.8 Å². The lowest BCUT2D eigenvalue weighted by atomic mass is 10.3. The number of nitrogens with zero attached hydrogens (tertiary/aromatic N) is 1. The van der Waals surface area contributed by atoms with Crippen molar-refractivity contribution < 1.29 is 27.2 Å². The number of aromatic nitrogens is 1. The Labute approximate surface area is 142 Å². The molecule has 0 unspecified atom stereocenters. The summed E-state index contributed by atoms with van der Waals surface area (Å²) < 4.78 is 36.4. The van der Waals surface area contributed by atoms with Gasteiger partial charge < -0.3 is 0 Å². The van der Waals surface area contributed by atoms with E-state index in [0.29, 0.717) is 0 Å². The van der Waals surface area contributed by atoms with Gasteiger partial charge in [-0.15, -0.1) is 0 Å². The molecule has 0 spiro atoms. The Bertz CT molecular complexity index is 843. The molecule has 0 radical (unpaired) electrons. The van der Waals surface area contributed by atoms with E-state index < -0.39 is 34.3 Å². The highest BCUT2D eigenvalue weighted by molar-refractivity contribution is 7.89.